The predicted octanol–water partition coefficient (Wildman–Crippen LogP) is 2.86. The Morgan fingerprint density at radius 1 is 1.24 bits per heavy atom. The zero-order chi connectivity index (χ0) is 12.3. The molecule has 1 aromatic heterocycles. The normalized spacial score (nSPS) is 12.1. The Bertz CT molecular complexity index is 628. The van der Waals surface area contributed by atoms with Gasteiger partial charge in [-0.1, -0.05) is 35.9 Å². The number of rotatable bonds is 3. The Morgan fingerprint density at radius 2 is 2.06 bits per heavy atom. The highest BCUT2D eigenvalue weighted by Gasteiger charge is 2.11. The fourth-order valence-corrected chi connectivity index (χ4v) is 3.19. The van der Waals surface area contributed by atoms with Gasteiger partial charge in [0.1, 0.15) is 4.21 Å². The lowest BCUT2D eigenvalue weighted by Crippen LogP contribution is -1.94. The SMILES string of the molecule is Cc1cccc(/C=N\S(=O)(=O)c2cccs2)c1. The first kappa shape index (κ1) is 12.0. The zero-order valence-electron chi connectivity index (χ0n) is 9.20. The maximum atomic E-state index is 11.8. The molecule has 0 unspecified atom stereocenters. The number of nitrogens with zero attached hydrogens (tertiary/aromatic N) is 1. The molecule has 88 valence electrons. The summed E-state index contributed by atoms with van der Waals surface area (Å²) >= 11 is 1.17. The van der Waals surface area contributed by atoms with Gasteiger partial charge in [-0.05, 0) is 23.9 Å². The van der Waals surface area contributed by atoms with Gasteiger partial charge >= 0.3 is 0 Å². The monoisotopic (exact) mass is 265 g/mol. The maximum Gasteiger partial charge on any atom is 0.291 e. The second-order valence-corrected chi connectivity index (χ2v) is 6.36. The van der Waals surface area contributed by atoms with Gasteiger partial charge in [-0.2, -0.15) is 12.8 Å². The Morgan fingerprint density at radius 3 is 2.71 bits per heavy atom. The van der Waals surface area contributed by atoms with Crippen molar-refractivity contribution in [2.24, 2.45) is 4.40 Å². The van der Waals surface area contributed by atoms with Gasteiger partial charge in [-0.25, -0.2) is 0 Å². The minimum Gasteiger partial charge on any atom is -0.198 e. The third-order valence-corrected chi connectivity index (χ3v) is 4.74. The third kappa shape index (κ3) is 3.01. The number of aryl methyl sites for hydroxylation is 1. The van der Waals surface area contributed by atoms with Crippen LogP contribution in [0.15, 0.2) is 50.4 Å². The van der Waals surface area contributed by atoms with Crippen LogP contribution < -0.4 is 0 Å². The molecule has 0 saturated carbocycles. The summed E-state index contributed by atoms with van der Waals surface area (Å²) in [6.45, 7) is 1.95. The summed E-state index contributed by atoms with van der Waals surface area (Å²) in [5.41, 5.74) is 1.85. The van der Waals surface area contributed by atoms with Crippen LogP contribution in [0.2, 0.25) is 0 Å². The van der Waals surface area contributed by atoms with E-state index in [-0.39, 0.29) is 4.21 Å². The van der Waals surface area contributed by atoms with Gasteiger partial charge in [0.2, 0.25) is 0 Å². The van der Waals surface area contributed by atoms with E-state index in [0.717, 1.165) is 11.1 Å². The largest absolute Gasteiger partial charge is 0.291 e. The molecule has 0 atom stereocenters. The molecule has 0 aliphatic rings. The van der Waals surface area contributed by atoms with E-state index in [4.69, 9.17) is 0 Å². The Labute approximate surface area is 105 Å². The van der Waals surface area contributed by atoms with Gasteiger partial charge in [0.25, 0.3) is 10.0 Å². The van der Waals surface area contributed by atoms with E-state index in [0.29, 0.717) is 0 Å². The van der Waals surface area contributed by atoms with Crippen molar-refractivity contribution in [1.29, 1.82) is 0 Å². The zero-order valence-corrected chi connectivity index (χ0v) is 10.8. The van der Waals surface area contributed by atoms with Crippen molar-refractivity contribution in [1.82, 2.24) is 0 Å². The molecule has 1 heterocycles. The number of hydrogen-bond acceptors (Lipinski definition) is 3. The van der Waals surface area contributed by atoms with Crippen molar-refractivity contribution in [2.75, 3.05) is 0 Å². The fourth-order valence-electron chi connectivity index (χ4n) is 1.34. The van der Waals surface area contributed by atoms with Crippen LogP contribution in [-0.4, -0.2) is 14.6 Å². The molecule has 17 heavy (non-hydrogen) atoms. The van der Waals surface area contributed by atoms with E-state index >= 15 is 0 Å². The van der Waals surface area contributed by atoms with E-state index in [9.17, 15) is 8.42 Å². The van der Waals surface area contributed by atoms with E-state index < -0.39 is 10.0 Å². The summed E-state index contributed by atoms with van der Waals surface area (Å²) in [7, 11) is -3.54. The summed E-state index contributed by atoms with van der Waals surface area (Å²) in [6.07, 6.45) is 1.38. The Kier molecular flexibility index (Phi) is 3.40. The van der Waals surface area contributed by atoms with E-state index in [1.807, 2.05) is 31.2 Å². The van der Waals surface area contributed by atoms with Gasteiger partial charge in [0.05, 0.1) is 0 Å². The predicted molar refractivity (Wildman–Crippen MR) is 70.3 cm³/mol. The quantitative estimate of drug-likeness (QED) is 0.801. The van der Waals surface area contributed by atoms with Crippen LogP contribution >= 0.6 is 11.3 Å². The second-order valence-electron chi connectivity index (χ2n) is 3.56. The van der Waals surface area contributed by atoms with Gasteiger partial charge in [0, 0.05) is 6.21 Å². The van der Waals surface area contributed by atoms with Crippen LogP contribution in [0.4, 0.5) is 0 Å². The third-order valence-electron chi connectivity index (χ3n) is 2.13. The Balaban J connectivity index is 2.28. The maximum absolute atomic E-state index is 11.8. The van der Waals surface area contributed by atoms with Crippen LogP contribution in [0, 0.1) is 6.92 Å². The molecule has 0 saturated heterocycles. The highest BCUT2D eigenvalue weighted by atomic mass is 32.2. The molecule has 3 nitrogen and oxygen atoms in total. The van der Waals surface area contributed by atoms with Crippen molar-refractivity contribution < 1.29 is 8.42 Å². The molecular weight excluding hydrogens is 254 g/mol. The second kappa shape index (κ2) is 4.81. The lowest BCUT2D eigenvalue weighted by molar-refractivity contribution is 0.600. The molecule has 2 aromatic rings. The average Bonchev–Trinajstić information content (AvgIpc) is 2.81. The summed E-state index contributed by atoms with van der Waals surface area (Å²) in [5, 5.41) is 1.72. The van der Waals surface area contributed by atoms with Crippen molar-refractivity contribution in [3.05, 3.63) is 52.9 Å². The van der Waals surface area contributed by atoms with Crippen LogP contribution in [0.25, 0.3) is 0 Å². The Hall–Kier alpha value is -1.46. The van der Waals surface area contributed by atoms with Crippen molar-refractivity contribution in [2.45, 2.75) is 11.1 Å². The van der Waals surface area contributed by atoms with Crippen LogP contribution in [0.1, 0.15) is 11.1 Å². The summed E-state index contributed by atoms with van der Waals surface area (Å²) in [5.74, 6) is 0. The van der Waals surface area contributed by atoms with Crippen LogP contribution in [-0.2, 0) is 10.0 Å². The molecule has 0 bridgehead atoms. The van der Waals surface area contributed by atoms with Crippen molar-refractivity contribution in [3.63, 3.8) is 0 Å². The van der Waals surface area contributed by atoms with Crippen LogP contribution in [0.3, 0.4) is 0 Å². The van der Waals surface area contributed by atoms with Gasteiger partial charge in [-0.3, -0.25) is 0 Å². The molecule has 0 aliphatic heterocycles. The van der Waals surface area contributed by atoms with E-state index in [2.05, 4.69) is 4.40 Å². The number of thiophene rings is 1. The molecule has 5 heteroatoms. The molecule has 2 rings (SSSR count). The standard InChI is InChI=1S/C12H11NO2S2/c1-10-4-2-5-11(8-10)9-13-17(14,15)12-6-3-7-16-12/h2-9H,1H3/b13-9-. The smallest absolute Gasteiger partial charge is 0.198 e. The van der Waals surface area contributed by atoms with Crippen molar-refractivity contribution >= 4 is 27.6 Å². The van der Waals surface area contributed by atoms with E-state index in [1.54, 1.807) is 17.5 Å². The molecule has 0 aliphatic carbocycles. The summed E-state index contributed by atoms with van der Waals surface area (Å²) in [4.78, 5) is 0. The highest BCUT2D eigenvalue weighted by molar-refractivity contribution is 7.92. The molecule has 0 fully saturated rings. The fraction of sp³-hybridized carbons (Fsp3) is 0.0833. The lowest BCUT2D eigenvalue weighted by Gasteiger charge is -1.95. The molecular formula is C12H11NO2S2. The number of benzene rings is 1. The summed E-state index contributed by atoms with van der Waals surface area (Å²) in [6, 6.07) is 10.8. The first-order valence-electron chi connectivity index (χ1n) is 4.98. The molecule has 0 amide bonds. The van der Waals surface area contributed by atoms with Gasteiger partial charge in [-0.15, -0.1) is 11.3 Å². The van der Waals surface area contributed by atoms with Gasteiger partial charge in [0.15, 0.2) is 0 Å². The van der Waals surface area contributed by atoms with Crippen LogP contribution in [0.5, 0.6) is 0 Å². The number of hydrogen-bond donors (Lipinski definition) is 0. The van der Waals surface area contributed by atoms with E-state index in [1.165, 1.54) is 17.6 Å². The molecule has 1 aromatic carbocycles. The number of sulfonamides is 1. The minimum atomic E-state index is -3.54. The minimum absolute atomic E-state index is 0.265. The average molecular weight is 265 g/mol. The highest BCUT2D eigenvalue weighted by Crippen LogP contribution is 2.18. The molecule has 0 N–H and O–H groups in total. The topological polar surface area (TPSA) is 46.5 Å². The molecule has 0 spiro atoms. The lowest BCUT2D eigenvalue weighted by atomic mass is 10.2. The summed E-state index contributed by atoms with van der Waals surface area (Å²) < 4.78 is 27.5. The molecule has 0 radical (unpaired) electrons. The van der Waals surface area contributed by atoms with Crippen molar-refractivity contribution in [3.8, 4) is 0 Å². The first-order valence-corrected chi connectivity index (χ1v) is 7.30. The van der Waals surface area contributed by atoms with Gasteiger partial charge < -0.3 is 0 Å². The first-order chi connectivity index (χ1) is 8.08.